The lowest BCUT2D eigenvalue weighted by atomic mass is 9.89. The van der Waals surface area contributed by atoms with Crippen LogP contribution in [0.5, 0.6) is 0 Å². The molecule has 0 amide bonds. The number of hydrogen-bond acceptors (Lipinski definition) is 5. The Morgan fingerprint density at radius 3 is 1.37 bits per heavy atom. The number of likely N-dealkylation sites (N-methyl/N-ethyl adjacent to an activating group) is 2. The molecule has 0 unspecified atom stereocenters. The monoisotopic (exact) mass is 1490 g/mol. The fourth-order valence-electron chi connectivity index (χ4n) is 15.9. The standard InChI is InChI=1S/C23H37BrN2Si.C23H35BrN2Si.C14H15BrN2.C8H6BrN.C6H11NO/c2*1-16(2)27(17(3)4,18(5)6)26-15-22(19-10-12-25(7)13-11-19)21-14-20(24)8-9-23(21)26;1-17-6-4-10(5-7-17)13-9-16-14-3-2-11(15)8-12(13)14;9-7-1-2-8-6(5-7)3-4-10-8;1-7-4-2-6(8)3-5-7/h8-9,14-19H,10-13H2,1-7H3;8-10,14-18H,11-13H2,1-7H3;2-4,8-9,16H,5-7H2,1H3;1-5,10H;2-5H2,1H3. The van der Waals surface area contributed by atoms with Crippen LogP contribution >= 0.6 is 63.7 Å². The number of aromatic amines is 2. The predicted molar refractivity (Wildman–Crippen MR) is 406 cm³/mol. The first-order chi connectivity index (χ1) is 42.3. The second-order valence-electron chi connectivity index (χ2n) is 27.9. The van der Waals surface area contributed by atoms with Crippen LogP contribution in [0.25, 0.3) is 54.8 Å². The van der Waals surface area contributed by atoms with Gasteiger partial charge in [-0.3, -0.25) is 4.79 Å². The van der Waals surface area contributed by atoms with Crippen molar-refractivity contribution >= 4 is 141 Å². The molecule has 89 heavy (non-hydrogen) atoms. The highest BCUT2D eigenvalue weighted by molar-refractivity contribution is 9.11. The van der Waals surface area contributed by atoms with Gasteiger partial charge in [-0.2, -0.15) is 0 Å². The number of nitrogens with one attached hydrogen (secondary N) is 2. The third-order valence-corrected chi connectivity index (χ3v) is 35.8. The normalized spacial score (nSPS) is 17.1. The molecule has 0 spiro atoms. The molecule has 9 nitrogen and oxygen atoms in total. The summed E-state index contributed by atoms with van der Waals surface area (Å²) in [6.07, 6.45) is 20.3. The molecule has 2 fully saturated rings. The van der Waals surface area contributed by atoms with Crippen molar-refractivity contribution in [3.05, 3.63) is 150 Å². The Kier molecular flexibility index (Phi) is 25.2. The molecule has 12 rings (SSSR count). The van der Waals surface area contributed by atoms with Crippen molar-refractivity contribution in [3.8, 4) is 0 Å². The molecule has 0 saturated carbocycles. The topological polar surface area (TPSA) is 71.5 Å². The lowest BCUT2D eigenvalue weighted by Crippen LogP contribution is -2.51. The Hall–Kier alpha value is -3.62. The van der Waals surface area contributed by atoms with E-state index in [9.17, 15) is 4.79 Å². The van der Waals surface area contributed by atoms with Gasteiger partial charge in [0.1, 0.15) is 5.78 Å². The van der Waals surface area contributed by atoms with Gasteiger partial charge in [0.15, 0.2) is 16.5 Å². The molecule has 0 bridgehead atoms. The van der Waals surface area contributed by atoms with Crippen molar-refractivity contribution in [2.24, 2.45) is 0 Å². The van der Waals surface area contributed by atoms with Gasteiger partial charge in [0.05, 0.1) is 0 Å². The van der Waals surface area contributed by atoms with Gasteiger partial charge in [0.2, 0.25) is 0 Å². The van der Waals surface area contributed by atoms with E-state index in [4.69, 9.17) is 0 Å². The van der Waals surface area contributed by atoms with Crippen LogP contribution in [0.2, 0.25) is 33.2 Å². The minimum atomic E-state index is -1.78. The number of ketones is 1. The number of rotatable bonds is 11. The highest BCUT2D eigenvalue weighted by atomic mass is 79.9. The minimum Gasteiger partial charge on any atom is -0.373 e. The van der Waals surface area contributed by atoms with E-state index >= 15 is 0 Å². The van der Waals surface area contributed by atoms with Crippen LogP contribution in [0.1, 0.15) is 144 Å². The van der Waals surface area contributed by atoms with E-state index < -0.39 is 16.5 Å². The Bertz CT molecular complexity index is 3650. The highest BCUT2D eigenvalue weighted by Gasteiger charge is 2.47. The number of aromatic nitrogens is 4. The average Bonchev–Trinajstić information content (AvgIpc) is 1.66. The van der Waals surface area contributed by atoms with Crippen molar-refractivity contribution in [2.45, 2.75) is 161 Å². The summed E-state index contributed by atoms with van der Waals surface area (Å²) in [5.74, 6) is 1.11. The molecule has 8 heterocycles. The quantitative estimate of drug-likeness (QED) is 0.126. The average molecular weight is 1500 g/mol. The molecule has 0 radical (unpaired) electrons. The number of halogens is 4. The molecule has 4 aliphatic heterocycles. The van der Waals surface area contributed by atoms with Crippen molar-refractivity contribution in [3.63, 3.8) is 0 Å². The van der Waals surface area contributed by atoms with Gasteiger partial charge >= 0.3 is 0 Å². The van der Waals surface area contributed by atoms with E-state index in [0.717, 1.165) is 73.9 Å². The maximum atomic E-state index is 10.6. The number of likely N-dealkylation sites (tertiary alicyclic amines) is 2. The molecule has 0 aliphatic carbocycles. The fourth-order valence-corrected chi connectivity index (χ4v) is 30.7. The number of hydrogen-bond donors (Lipinski definition) is 2. The SMILES string of the molecule is Brc1ccc2[nH]ccc2c1.CC(C)[Si](C(C)C)(C(C)C)n1cc(C2=CCN(C)CC2)c2cc(Br)ccc21.CC(C)[Si](C(C)C)(C(C)C)n1cc(C2CCN(C)CC2)c2cc(Br)ccc21.CN1CC=C(c2c[nH]c3ccc(Br)cc23)CC1.CN1CCC(=O)CC1. The first-order valence-electron chi connectivity index (χ1n) is 33.0. The lowest BCUT2D eigenvalue weighted by molar-refractivity contribution is -0.121. The van der Waals surface area contributed by atoms with Gasteiger partial charge in [0, 0.05) is 143 Å². The maximum Gasteiger partial charge on any atom is 0.169 e. The smallest absolute Gasteiger partial charge is 0.169 e. The summed E-state index contributed by atoms with van der Waals surface area (Å²) >= 11 is 14.4. The summed E-state index contributed by atoms with van der Waals surface area (Å²) in [6.45, 7) is 38.2. The zero-order valence-corrected chi connectivity index (χ0v) is 64.9. The maximum absolute atomic E-state index is 10.6. The van der Waals surface area contributed by atoms with Crippen LogP contribution < -0.4 is 0 Å². The molecule has 8 aromatic rings. The third-order valence-electron chi connectivity index (χ3n) is 20.3. The number of piperidine rings is 2. The molecular weight excluding hydrogens is 1390 g/mol. The molecule has 2 saturated heterocycles. The van der Waals surface area contributed by atoms with Crippen molar-refractivity contribution in [1.82, 2.24) is 38.0 Å². The second-order valence-corrected chi connectivity index (χ2v) is 43.0. The largest absolute Gasteiger partial charge is 0.373 e. The van der Waals surface area contributed by atoms with Crippen LogP contribution in [0.15, 0.2) is 134 Å². The number of Topliss-reactive ketones (excluding diaryl/α,β-unsaturated/α-hetero) is 1. The lowest BCUT2D eigenvalue weighted by Gasteiger charge is -2.44. The molecule has 2 N–H and O–H groups in total. The summed E-state index contributed by atoms with van der Waals surface area (Å²) in [5.41, 5.74) is 16.9. The third kappa shape index (κ3) is 16.3. The molecule has 4 aromatic heterocycles. The Morgan fingerprint density at radius 1 is 0.449 bits per heavy atom. The van der Waals surface area contributed by atoms with Gasteiger partial charge in [-0.1, -0.05) is 159 Å². The number of benzene rings is 4. The summed E-state index contributed by atoms with van der Waals surface area (Å²) < 4.78 is 10.2. The van der Waals surface area contributed by atoms with Gasteiger partial charge < -0.3 is 38.0 Å². The summed E-state index contributed by atoms with van der Waals surface area (Å²) in [6, 6.07) is 28.5. The molecule has 482 valence electrons. The van der Waals surface area contributed by atoms with E-state index in [1.54, 1.807) is 5.56 Å². The van der Waals surface area contributed by atoms with E-state index in [0.29, 0.717) is 44.9 Å². The Balaban J connectivity index is 0.000000153. The Labute approximate surface area is 570 Å². The number of nitrogens with zero attached hydrogens (tertiary/aromatic N) is 6. The first-order valence-corrected chi connectivity index (χ1v) is 40.6. The first kappa shape index (κ1) is 71.2. The van der Waals surface area contributed by atoms with Gasteiger partial charge in [-0.05, 0) is 208 Å². The zero-order chi connectivity index (χ0) is 64.6. The number of H-pyrrole nitrogens is 2. The van der Waals surface area contributed by atoms with Crippen LogP contribution in [0.4, 0.5) is 0 Å². The van der Waals surface area contributed by atoms with Crippen molar-refractivity contribution in [1.29, 1.82) is 0 Å². The zero-order valence-electron chi connectivity index (χ0n) is 56.5. The van der Waals surface area contributed by atoms with Gasteiger partial charge in [-0.25, -0.2) is 0 Å². The van der Waals surface area contributed by atoms with Gasteiger partial charge in [-0.15, -0.1) is 0 Å². The van der Waals surface area contributed by atoms with E-state index in [1.807, 2.05) is 19.3 Å². The minimum absolute atomic E-state index is 0.420. The highest BCUT2D eigenvalue weighted by Crippen LogP contribution is 2.48. The second kappa shape index (κ2) is 31.5. The van der Waals surface area contributed by atoms with Crippen LogP contribution in [-0.2, 0) is 4.79 Å². The molecule has 4 aliphatic rings. The fraction of sp³-hybridized carbons (Fsp3) is 0.500. The number of fused-ring (bicyclic) bond motifs is 4. The van der Waals surface area contributed by atoms with Crippen LogP contribution in [0.3, 0.4) is 0 Å². The molecule has 4 aromatic carbocycles. The number of carbonyl (C=O) groups excluding carboxylic acids is 1. The predicted octanol–water partition coefficient (Wildman–Crippen LogP) is 21.2. The van der Waals surface area contributed by atoms with E-state index in [2.05, 4.69) is 310 Å². The van der Waals surface area contributed by atoms with Crippen LogP contribution in [-0.4, -0.2) is 141 Å². The molecule has 15 heteroatoms. The van der Waals surface area contributed by atoms with Crippen molar-refractivity contribution in [2.75, 3.05) is 80.5 Å². The Morgan fingerprint density at radius 2 is 0.876 bits per heavy atom. The summed E-state index contributed by atoms with van der Waals surface area (Å²) in [5, 5.41) is 5.46. The molecular formula is C74H104Br4N8OSi2. The van der Waals surface area contributed by atoms with E-state index in [1.165, 1.54) is 101 Å². The van der Waals surface area contributed by atoms with Crippen LogP contribution in [0, 0.1) is 0 Å². The van der Waals surface area contributed by atoms with Crippen molar-refractivity contribution < 1.29 is 4.79 Å². The number of carbonyl (C=O) groups is 1. The van der Waals surface area contributed by atoms with Gasteiger partial charge in [0.25, 0.3) is 0 Å². The summed E-state index contributed by atoms with van der Waals surface area (Å²) in [4.78, 5) is 26.4. The summed E-state index contributed by atoms with van der Waals surface area (Å²) in [7, 11) is 5.15. The molecule has 0 atom stereocenters. The van der Waals surface area contributed by atoms with E-state index in [-0.39, 0.29) is 0 Å².